The van der Waals surface area contributed by atoms with E-state index in [1.54, 1.807) is 6.26 Å². The summed E-state index contributed by atoms with van der Waals surface area (Å²) in [6.45, 7) is 0. The van der Waals surface area contributed by atoms with E-state index in [4.69, 9.17) is 10.2 Å². The maximum atomic E-state index is 10.7. The van der Waals surface area contributed by atoms with Gasteiger partial charge in [0.05, 0.1) is 11.1 Å². The van der Waals surface area contributed by atoms with Gasteiger partial charge in [-0.3, -0.25) is 0 Å². The molecule has 0 unspecified atom stereocenters. The van der Waals surface area contributed by atoms with Crippen LogP contribution in [-0.4, -0.2) is 28.4 Å². The Labute approximate surface area is 84.6 Å². The molecular weight excluding hydrogens is 204 g/mol. The zero-order valence-corrected chi connectivity index (χ0v) is 8.17. The Kier molecular flexibility index (Phi) is 3.14. The van der Waals surface area contributed by atoms with Gasteiger partial charge in [0.1, 0.15) is 0 Å². The van der Waals surface area contributed by atoms with Crippen LogP contribution in [0.25, 0.3) is 0 Å². The standard InChI is InChI=1S/C9H8O4S/c1-14-7-5(8(10)11)3-2-4-6(7)9(12)13/h2-4H,1H3,(H,10,11)(H,12,13). The first-order chi connectivity index (χ1) is 6.57. The molecule has 0 heterocycles. The zero-order chi connectivity index (χ0) is 10.7. The van der Waals surface area contributed by atoms with E-state index in [0.717, 1.165) is 11.8 Å². The summed E-state index contributed by atoms with van der Waals surface area (Å²) in [5.41, 5.74) is 0.0507. The van der Waals surface area contributed by atoms with Crippen molar-refractivity contribution >= 4 is 23.7 Å². The molecule has 0 aromatic heterocycles. The van der Waals surface area contributed by atoms with Crippen LogP contribution >= 0.6 is 11.8 Å². The van der Waals surface area contributed by atoms with Crippen LogP contribution in [0.15, 0.2) is 23.1 Å². The van der Waals surface area contributed by atoms with Crippen molar-refractivity contribution in [2.45, 2.75) is 4.90 Å². The number of carboxylic acid groups (broad SMARTS) is 2. The van der Waals surface area contributed by atoms with Crippen LogP contribution in [0, 0.1) is 0 Å². The summed E-state index contributed by atoms with van der Waals surface area (Å²) in [5, 5.41) is 17.6. The molecule has 0 atom stereocenters. The fraction of sp³-hybridized carbons (Fsp3) is 0.111. The number of benzene rings is 1. The number of carbonyl (C=O) groups is 2. The van der Waals surface area contributed by atoms with Crippen molar-refractivity contribution in [3.63, 3.8) is 0 Å². The van der Waals surface area contributed by atoms with E-state index in [2.05, 4.69) is 0 Å². The van der Waals surface area contributed by atoms with Gasteiger partial charge in [0.25, 0.3) is 0 Å². The number of hydrogen-bond donors (Lipinski definition) is 2. The fourth-order valence-corrected chi connectivity index (χ4v) is 1.84. The number of hydrogen-bond acceptors (Lipinski definition) is 3. The maximum Gasteiger partial charge on any atom is 0.336 e. The molecule has 0 radical (unpaired) electrons. The summed E-state index contributed by atoms with van der Waals surface area (Å²) < 4.78 is 0. The van der Waals surface area contributed by atoms with Crippen LogP contribution in [0.2, 0.25) is 0 Å². The van der Waals surface area contributed by atoms with Gasteiger partial charge in [-0.2, -0.15) is 0 Å². The van der Waals surface area contributed by atoms with Crippen LogP contribution < -0.4 is 0 Å². The van der Waals surface area contributed by atoms with Crippen LogP contribution in [0.1, 0.15) is 20.7 Å². The van der Waals surface area contributed by atoms with Gasteiger partial charge in [0, 0.05) is 4.90 Å². The van der Waals surface area contributed by atoms with Gasteiger partial charge in [0.15, 0.2) is 0 Å². The minimum atomic E-state index is -1.11. The molecule has 0 aliphatic rings. The second kappa shape index (κ2) is 4.15. The number of thioether (sulfide) groups is 1. The molecule has 0 bridgehead atoms. The predicted molar refractivity (Wildman–Crippen MR) is 52.1 cm³/mol. The largest absolute Gasteiger partial charge is 0.478 e. The van der Waals surface area contributed by atoms with Gasteiger partial charge in [0.2, 0.25) is 0 Å². The van der Waals surface area contributed by atoms with Crippen molar-refractivity contribution in [1.82, 2.24) is 0 Å². The van der Waals surface area contributed by atoms with Crippen LogP contribution in [-0.2, 0) is 0 Å². The third-order valence-corrected chi connectivity index (χ3v) is 2.53. The van der Waals surface area contributed by atoms with E-state index in [1.807, 2.05) is 0 Å². The molecule has 0 fully saturated rings. The van der Waals surface area contributed by atoms with E-state index in [-0.39, 0.29) is 16.0 Å². The SMILES string of the molecule is CSc1c(C(=O)O)cccc1C(=O)O. The molecule has 0 saturated carbocycles. The third-order valence-electron chi connectivity index (χ3n) is 1.68. The summed E-state index contributed by atoms with van der Waals surface area (Å²) >= 11 is 1.12. The summed E-state index contributed by atoms with van der Waals surface area (Å²) in [6.07, 6.45) is 1.65. The highest BCUT2D eigenvalue weighted by Gasteiger charge is 2.16. The van der Waals surface area contributed by atoms with Crippen molar-refractivity contribution < 1.29 is 19.8 Å². The molecule has 0 aliphatic carbocycles. The number of carboxylic acids is 2. The Bertz CT molecular complexity index is 354. The topological polar surface area (TPSA) is 74.6 Å². The number of aromatic carboxylic acids is 2. The van der Waals surface area contributed by atoms with Gasteiger partial charge in [-0.15, -0.1) is 11.8 Å². The van der Waals surface area contributed by atoms with Crippen molar-refractivity contribution in [1.29, 1.82) is 0 Å². The lowest BCUT2D eigenvalue weighted by molar-refractivity contribution is 0.0690. The van der Waals surface area contributed by atoms with Gasteiger partial charge in [-0.1, -0.05) is 6.07 Å². The highest BCUT2D eigenvalue weighted by molar-refractivity contribution is 7.98. The minimum absolute atomic E-state index is 0.0254. The molecule has 1 rings (SSSR count). The molecule has 0 saturated heterocycles. The molecule has 0 spiro atoms. The van der Waals surface area contributed by atoms with Crippen LogP contribution in [0.5, 0.6) is 0 Å². The van der Waals surface area contributed by atoms with Gasteiger partial charge < -0.3 is 10.2 Å². The van der Waals surface area contributed by atoms with Gasteiger partial charge in [-0.25, -0.2) is 9.59 Å². The van der Waals surface area contributed by atoms with Crippen molar-refractivity contribution in [3.8, 4) is 0 Å². The van der Waals surface area contributed by atoms with E-state index < -0.39 is 11.9 Å². The third kappa shape index (κ3) is 1.88. The van der Waals surface area contributed by atoms with Gasteiger partial charge in [-0.05, 0) is 18.4 Å². The second-order valence-corrected chi connectivity index (χ2v) is 3.31. The first-order valence-corrected chi connectivity index (χ1v) is 4.94. The van der Waals surface area contributed by atoms with Crippen LogP contribution in [0.4, 0.5) is 0 Å². The molecule has 74 valence electrons. The Balaban J connectivity index is 3.39. The average molecular weight is 212 g/mol. The van der Waals surface area contributed by atoms with Crippen LogP contribution in [0.3, 0.4) is 0 Å². The average Bonchev–Trinajstić information content (AvgIpc) is 2.16. The molecular formula is C9H8O4S. The first-order valence-electron chi connectivity index (χ1n) is 3.71. The fourth-order valence-electron chi connectivity index (χ4n) is 1.09. The quantitative estimate of drug-likeness (QED) is 0.747. The van der Waals surface area contributed by atoms with E-state index in [0.29, 0.717) is 0 Å². The molecule has 0 aliphatic heterocycles. The Morgan fingerprint density at radius 1 is 1.14 bits per heavy atom. The van der Waals surface area contributed by atoms with Crippen molar-refractivity contribution in [3.05, 3.63) is 29.3 Å². The smallest absolute Gasteiger partial charge is 0.336 e. The molecule has 1 aromatic carbocycles. The molecule has 2 N–H and O–H groups in total. The Morgan fingerprint density at radius 2 is 1.57 bits per heavy atom. The van der Waals surface area contributed by atoms with Crippen molar-refractivity contribution in [2.75, 3.05) is 6.26 Å². The first kappa shape index (κ1) is 10.6. The Morgan fingerprint density at radius 3 is 1.86 bits per heavy atom. The lowest BCUT2D eigenvalue weighted by Crippen LogP contribution is -2.05. The summed E-state index contributed by atoms with van der Waals surface area (Å²) in [7, 11) is 0. The van der Waals surface area contributed by atoms with Gasteiger partial charge >= 0.3 is 11.9 Å². The zero-order valence-electron chi connectivity index (χ0n) is 7.35. The predicted octanol–water partition coefficient (Wildman–Crippen LogP) is 1.80. The number of rotatable bonds is 3. The monoisotopic (exact) mass is 212 g/mol. The molecule has 0 amide bonds. The summed E-state index contributed by atoms with van der Waals surface area (Å²) in [6, 6.07) is 4.20. The maximum absolute atomic E-state index is 10.7. The van der Waals surface area contributed by atoms with E-state index >= 15 is 0 Å². The minimum Gasteiger partial charge on any atom is -0.478 e. The lowest BCUT2D eigenvalue weighted by atomic mass is 10.1. The Hall–Kier alpha value is -1.49. The normalized spacial score (nSPS) is 9.79. The second-order valence-electron chi connectivity index (χ2n) is 2.50. The highest BCUT2D eigenvalue weighted by Crippen LogP contribution is 2.25. The highest BCUT2D eigenvalue weighted by atomic mass is 32.2. The van der Waals surface area contributed by atoms with E-state index in [1.165, 1.54) is 18.2 Å². The molecule has 14 heavy (non-hydrogen) atoms. The molecule has 1 aromatic rings. The summed E-state index contributed by atoms with van der Waals surface area (Å²) in [5.74, 6) is -2.23. The molecule has 5 heteroatoms. The summed E-state index contributed by atoms with van der Waals surface area (Å²) in [4.78, 5) is 21.8. The lowest BCUT2D eigenvalue weighted by Gasteiger charge is -2.05. The van der Waals surface area contributed by atoms with E-state index in [9.17, 15) is 9.59 Å². The van der Waals surface area contributed by atoms with Crippen molar-refractivity contribution in [2.24, 2.45) is 0 Å². The molecule has 4 nitrogen and oxygen atoms in total.